The molecule has 1 aliphatic rings. The monoisotopic (exact) mass is 409 g/mol. The number of fused-ring (bicyclic) bond motifs is 1. The SMILES string of the molecule is COCCCNC(=O)c1cc(NC(=O)C(C)C)ccc1N1CCc2ccccc2C1. The molecule has 6 nitrogen and oxygen atoms in total. The molecular formula is C24H31N3O3. The molecule has 30 heavy (non-hydrogen) atoms. The van der Waals surface area contributed by atoms with E-state index in [9.17, 15) is 9.59 Å². The molecule has 0 saturated heterocycles. The van der Waals surface area contributed by atoms with E-state index in [2.05, 4.69) is 39.8 Å². The molecule has 0 radical (unpaired) electrons. The van der Waals surface area contributed by atoms with Gasteiger partial charge >= 0.3 is 0 Å². The van der Waals surface area contributed by atoms with Crippen LogP contribution >= 0.6 is 0 Å². The second kappa shape index (κ2) is 10.3. The second-order valence-corrected chi connectivity index (χ2v) is 7.92. The summed E-state index contributed by atoms with van der Waals surface area (Å²) in [5, 5.41) is 5.88. The number of rotatable bonds is 8. The van der Waals surface area contributed by atoms with Gasteiger partial charge in [-0.3, -0.25) is 9.59 Å². The van der Waals surface area contributed by atoms with E-state index in [0.29, 0.717) is 24.4 Å². The van der Waals surface area contributed by atoms with Crippen LogP contribution in [0.15, 0.2) is 42.5 Å². The van der Waals surface area contributed by atoms with Gasteiger partial charge in [-0.2, -0.15) is 0 Å². The van der Waals surface area contributed by atoms with Gasteiger partial charge in [0.2, 0.25) is 5.91 Å². The van der Waals surface area contributed by atoms with Crippen molar-refractivity contribution in [1.29, 1.82) is 0 Å². The van der Waals surface area contributed by atoms with Crippen LogP contribution in [0.5, 0.6) is 0 Å². The first-order chi connectivity index (χ1) is 14.5. The molecule has 2 N–H and O–H groups in total. The largest absolute Gasteiger partial charge is 0.385 e. The predicted molar refractivity (Wildman–Crippen MR) is 120 cm³/mol. The molecule has 0 aromatic heterocycles. The van der Waals surface area contributed by atoms with Crippen molar-refractivity contribution in [3.63, 3.8) is 0 Å². The summed E-state index contributed by atoms with van der Waals surface area (Å²) >= 11 is 0. The molecular weight excluding hydrogens is 378 g/mol. The summed E-state index contributed by atoms with van der Waals surface area (Å²) in [6.45, 7) is 6.44. The Morgan fingerprint density at radius 1 is 1.13 bits per heavy atom. The van der Waals surface area contributed by atoms with Crippen molar-refractivity contribution in [2.75, 3.05) is 37.0 Å². The number of benzene rings is 2. The van der Waals surface area contributed by atoms with Gasteiger partial charge in [-0.25, -0.2) is 0 Å². The number of methoxy groups -OCH3 is 1. The maximum absolute atomic E-state index is 13.0. The molecule has 160 valence electrons. The summed E-state index contributed by atoms with van der Waals surface area (Å²) in [5.41, 5.74) is 4.74. The van der Waals surface area contributed by atoms with Gasteiger partial charge < -0.3 is 20.3 Å². The lowest BCUT2D eigenvalue weighted by atomic mass is 9.98. The van der Waals surface area contributed by atoms with Crippen molar-refractivity contribution in [1.82, 2.24) is 5.32 Å². The van der Waals surface area contributed by atoms with Crippen LogP contribution in [0, 0.1) is 5.92 Å². The third-order valence-corrected chi connectivity index (χ3v) is 5.32. The molecule has 6 heteroatoms. The van der Waals surface area contributed by atoms with Gasteiger partial charge in [-0.05, 0) is 42.2 Å². The molecule has 0 saturated carbocycles. The van der Waals surface area contributed by atoms with Crippen molar-refractivity contribution < 1.29 is 14.3 Å². The molecule has 0 fully saturated rings. The third kappa shape index (κ3) is 5.39. The number of anilines is 2. The quantitative estimate of drug-likeness (QED) is 0.654. The molecule has 0 spiro atoms. The first kappa shape index (κ1) is 21.8. The van der Waals surface area contributed by atoms with Gasteiger partial charge in [0.1, 0.15) is 0 Å². The number of hydrogen-bond acceptors (Lipinski definition) is 4. The zero-order valence-corrected chi connectivity index (χ0v) is 18.0. The molecule has 2 aromatic carbocycles. The fourth-order valence-corrected chi connectivity index (χ4v) is 3.57. The highest BCUT2D eigenvalue weighted by Gasteiger charge is 2.22. The molecule has 1 heterocycles. The van der Waals surface area contributed by atoms with Crippen LogP contribution in [0.2, 0.25) is 0 Å². The van der Waals surface area contributed by atoms with Crippen molar-refractivity contribution >= 4 is 23.2 Å². The zero-order valence-electron chi connectivity index (χ0n) is 18.0. The van der Waals surface area contributed by atoms with E-state index in [-0.39, 0.29) is 17.7 Å². The Labute approximate surface area is 178 Å². The molecule has 1 aliphatic heterocycles. The van der Waals surface area contributed by atoms with E-state index in [1.165, 1.54) is 11.1 Å². The fourth-order valence-electron chi connectivity index (χ4n) is 3.57. The zero-order chi connectivity index (χ0) is 21.5. The molecule has 0 aliphatic carbocycles. The van der Waals surface area contributed by atoms with E-state index in [1.807, 2.05) is 26.0 Å². The summed E-state index contributed by atoms with van der Waals surface area (Å²) in [6, 6.07) is 14.0. The average Bonchev–Trinajstić information content (AvgIpc) is 2.76. The Morgan fingerprint density at radius 3 is 2.63 bits per heavy atom. The fraction of sp³-hybridized carbons (Fsp3) is 0.417. The van der Waals surface area contributed by atoms with Crippen LogP contribution in [0.1, 0.15) is 41.8 Å². The van der Waals surface area contributed by atoms with E-state index < -0.39 is 0 Å². The minimum absolute atomic E-state index is 0.0684. The lowest BCUT2D eigenvalue weighted by Gasteiger charge is -2.32. The number of carbonyl (C=O) groups excluding carboxylic acids is 2. The van der Waals surface area contributed by atoms with Crippen molar-refractivity contribution in [2.24, 2.45) is 5.92 Å². The van der Waals surface area contributed by atoms with Crippen molar-refractivity contribution in [3.8, 4) is 0 Å². The highest BCUT2D eigenvalue weighted by molar-refractivity contribution is 6.02. The van der Waals surface area contributed by atoms with Crippen LogP contribution in [-0.4, -0.2) is 38.6 Å². The van der Waals surface area contributed by atoms with Gasteiger partial charge in [0.25, 0.3) is 5.91 Å². The van der Waals surface area contributed by atoms with Gasteiger partial charge in [-0.15, -0.1) is 0 Å². The summed E-state index contributed by atoms with van der Waals surface area (Å²) < 4.78 is 5.06. The standard InChI is InChI=1S/C24H31N3O3/c1-17(2)23(28)26-20-9-10-22(21(15-20)24(29)25-12-6-14-30-3)27-13-11-18-7-4-5-8-19(18)16-27/h4-5,7-10,15,17H,6,11-14,16H2,1-3H3,(H,25,29)(H,26,28). The molecule has 0 bridgehead atoms. The third-order valence-electron chi connectivity index (χ3n) is 5.32. The van der Waals surface area contributed by atoms with Crippen LogP contribution < -0.4 is 15.5 Å². The first-order valence-corrected chi connectivity index (χ1v) is 10.5. The normalized spacial score (nSPS) is 13.1. The molecule has 0 unspecified atom stereocenters. The Balaban J connectivity index is 1.85. The maximum atomic E-state index is 13.0. The lowest BCUT2D eigenvalue weighted by molar-refractivity contribution is -0.118. The number of carbonyl (C=O) groups is 2. The number of nitrogens with one attached hydrogen (secondary N) is 2. The van der Waals surface area contributed by atoms with E-state index in [0.717, 1.165) is 31.6 Å². The Kier molecular flexibility index (Phi) is 7.46. The minimum atomic E-state index is -0.138. The summed E-state index contributed by atoms with van der Waals surface area (Å²) in [5.74, 6) is -0.337. The number of hydrogen-bond donors (Lipinski definition) is 2. The van der Waals surface area contributed by atoms with Gasteiger partial charge in [0, 0.05) is 50.6 Å². The lowest BCUT2D eigenvalue weighted by Crippen LogP contribution is -2.33. The topological polar surface area (TPSA) is 70.7 Å². The Morgan fingerprint density at radius 2 is 1.90 bits per heavy atom. The van der Waals surface area contributed by atoms with E-state index in [4.69, 9.17) is 4.74 Å². The summed E-state index contributed by atoms with van der Waals surface area (Å²) in [4.78, 5) is 27.4. The molecule has 3 rings (SSSR count). The smallest absolute Gasteiger partial charge is 0.253 e. The first-order valence-electron chi connectivity index (χ1n) is 10.5. The van der Waals surface area contributed by atoms with Crippen LogP contribution in [0.25, 0.3) is 0 Å². The predicted octanol–water partition coefficient (Wildman–Crippen LogP) is 3.61. The molecule has 2 aromatic rings. The maximum Gasteiger partial charge on any atom is 0.253 e. The number of nitrogens with zero attached hydrogens (tertiary/aromatic N) is 1. The number of amides is 2. The van der Waals surface area contributed by atoms with Gasteiger partial charge in [-0.1, -0.05) is 38.1 Å². The van der Waals surface area contributed by atoms with E-state index in [1.54, 1.807) is 13.2 Å². The van der Waals surface area contributed by atoms with Crippen molar-refractivity contribution in [3.05, 3.63) is 59.2 Å². The number of ether oxygens (including phenoxy) is 1. The van der Waals surface area contributed by atoms with E-state index >= 15 is 0 Å². The molecule has 0 atom stereocenters. The van der Waals surface area contributed by atoms with Crippen LogP contribution in [-0.2, 0) is 22.5 Å². The van der Waals surface area contributed by atoms with Crippen LogP contribution in [0.4, 0.5) is 11.4 Å². The highest BCUT2D eigenvalue weighted by atomic mass is 16.5. The van der Waals surface area contributed by atoms with Crippen molar-refractivity contribution in [2.45, 2.75) is 33.2 Å². The minimum Gasteiger partial charge on any atom is -0.385 e. The van der Waals surface area contributed by atoms with Gasteiger partial charge in [0.05, 0.1) is 5.56 Å². The van der Waals surface area contributed by atoms with Gasteiger partial charge in [0.15, 0.2) is 0 Å². The summed E-state index contributed by atoms with van der Waals surface area (Å²) in [6.07, 6.45) is 1.69. The Bertz CT molecular complexity index is 895. The van der Waals surface area contributed by atoms with Crippen LogP contribution in [0.3, 0.4) is 0 Å². The summed E-state index contributed by atoms with van der Waals surface area (Å²) in [7, 11) is 1.65. The Hall–Kier alpha value is -2.86. The average molecular weight is 410 g/mol. The second-order valence-electron chi connectivity index (χ2n) is 7.92. The molecule has 2 amide bonds. The highest BCUT2D eigenvalue weighted by Crippen LogP contribution is 2.29.